The standard InChI is InChI=1S/C19H25N3O5S/c1-6-8-27-18(24)15-13(5)16(19(25)26-7-2)28-17(15)20-14(23)10-22-12(4)9-11(3)21-22/h9H,6-8,10H2,1-5H3,(H,20,23). The minimum absolute atomic E-state index is 0.00515. The van der Waals surface area contributed by atoms with Gasteiger partial charge in [0.05, 0.1) is 24.5 Å². The maximum absolute atomic E-state index is 12.5. The molecule has 2 aromatic rings. The van der Waals surface area contributed by atoms with E-state index in [1.165, 1.54) is 0 Å². The number of carbonyl (C=O) groups excluding carboxylic acids is 3. The fraction of sp³-hybridized carbons (Fsp3) is 0.474. The molecular formula is C19H25N3O5S. The number of hydrogen-bond acceptors (Lipinski definition) is 7. The lowest BCUT2D eigenvalue weighted by atomic mass is 10.1. The van der Waals surface area contributed by atoms with Crippen molar-refractivity contribution in [3.05, 3.63) is 33.5 Å². The Kier molecular flexibility index (Phi) is 7.33. The molecule has 28 heavy (non-hydrogen) atoms. The topological polar surface area (TPSA) is 99.5 Å². The molecule has 0 unspecified atom stereocenters. The summed E-state index contributed by atoms with van der Waals surface area (Å²) in [5.41, 5.74) is 2.28. The number of hydrogen-bond donors (Lipinski definition) is 1. The molecular weight excluding hydrogens is 382 g/mol. The van der Waals surface area contributed by atoms with Crippen LogP contribution in [-0.2, 0) is 20.8 Å². The number of thiophene rings is 1. The highest BCUT2D eigenvalue weighted by atomic mass is 32.1. The first-order valence-electron chi connectivity index (χ1n) is 9.06. The van der Waals surface area contributed by atoms with Crippen LogP contribution in [0, 0.1) is 20.8 Å². The second kappa shape index (κ2) is 9.50. The van der Waals surface area contributed by atoms with Crippen molar-refractivity contribution in [2.75, 3.05) is 18.5 Å². The van der Waals surface area contributed by atoms with Gasteiger partial charge in [0.1, 0.15) is 16.4 Å². The lowest BCUT2D eigenvalue weighted by Crippen LogP contribution is -2.21. The lowest BCUT2D eigenvalue weighted by Gasteiger charge is -2.08. The summed E-state index contributed by atoms with van der Waals surface area (Å²) >= 11 is 1.01. The van der Waals surface area contributed by atoms with Gasteiger partial charge in [0, 0.05) is 5.69 Å². The van der Waals surface area contributed by atoms with Crippen LogP contribution in [0.1, 0.15) is 57.2 Å². The predicted molar refractivity (Wildman–Crippen MR) is 106 cm³/mol. The molecule has 2 heterocycles. The van der Waals surface area contributed by atoms with Crippen molar-refractivity contribution in [1.29, 1.82) is 0 Å². The van der Waals surface area contributed by atoms with E-state index in [1.54, 1.807) is 18.5 Å². The third-order valence-corrected chi connectivity index (χ3v) is 5.09. The van der Waals surface area contributed by atoms with E-state index in [9.17, 15) is 14.4 Å². The number of esters is 2. The quantitative estimate of drug-likeness (QED) is 0.674. The van der Waals surface area contributed by atoms with Crippen molar-refractivity contribution >= 4 is 34.2 Å². The zero-order valence-electron chi connectivity index (χ0n) is 16.7. The largest absolute Gasteiger partial charge is 0.462 e. The van der Waals surface area contributed by atoms with Crippen LogP contribution in [0.15, 0.2) is 6.07 Å². The van der Waals surface area contributed by atoms with Crippen LogP contribution < -0.4 is 5.32 Å². The Morgan fingerprint density at radius 2 is 1.86 bits per heavy atom. The zero-order valence-corrected chi connectivity index (χ0v) is 17.6. The van der Waals surface area contributed by atoms with E-state index in [4.69, 9.17) is 9.47 Å². The van der Waals surface area contributed by atoms with E-state index >= 15 is 0 Å². The molecule has 8 nitrogen and oxygen atoms in total. The molecule has 0 saturated carbocycles. The summed E-state index contributed by atoms with van der Waals surface area (Å²) in [6.07, 6.45) is 0.666. The van der Waals surface area contributed by atoms with E-state index in [1.807, 2.05) is 26.8 Å². The summed E-state index contributed by atoms with van der Waals surface area (Å²) < 4.78 is 11.8. The fourth-order valence-electron chi connectivity index (χ4n) is 2.64. The Hall–Kier alpha value is -2.68. The van der Waals surface area contributed by atoms with Crippen molar-refractivity contribution in [2.45, 2.75) is 47.6 Å². The van der Waals surface area contributed by atoms with Gasteiger partial charge in [-0.2, -0.15) is 5.10 Å². The van der Waals surface area contributed by atoms with Crippen LogP contribution in [0.25, 0.3) is 0 Å². The molecule has 0 aliphatic heterocycles. The highest BCUT2D eigenvalue weighted by Gasteiger charge is 2.27. The molecule has 1 amide bonds. The molecule has 0 bridgehead atoms. The van der Waals surface area contributed by atoms with Gasteiger partial charge in [-0.1, -0.05) is 6.92 Å². The van der Waals surface area contributed by atoms with Crippen molar-refractivity contribution in [3.8, 4) is 0 Å². The van der Waals surface area contributed by atoms with Gasteiger partial charge in [-0.3, -0.25) is 9.48 Å². The summed E-state index contributed by atoms with van der Waals surface area (Å²) in [6, 6.07) is 1.87. The molecule has 0 aliphatic carbocycles. The summed E-state index contributed by atoms with van der Waals surface area (Å²) in [5, 5.41) is 7.25. The van der Waals surface area contributed by atoms with Crippen LogP contribution in [-0.4, -0.2) is 40.8 Å². The summed E-state index contributed by atoms with van der Waals surface area (Å²) in [4.78, 5) is 37.5. The Bertz CT molecular complexity index is 885. The van der Waals surface area contributed by atoms with E-state index in [0.29, 0.717) is 12.0 Å². The van der Waals surface area contributed by atoms with Crippen molar-refractivity contribution in [2.24, 2.45) is 0 Å². The molecule has 9 heteroatoms. The van der Waals surface area contributed by atoms with Gasteiger partial charge < -0.3 is 14.8 Å². The second-order valence-corrected chi connectivity index (χ2v) is 7.27. The molecule has 0 aromatic carbocycles. The number of aryl methyl sites for hydroxylation is 2. The number of carbonyl (C=O) groups is 3. The Morgan fingerprint density at radius 1 is 1.14 bits per heavy atom. The zero-order chi connectivity index (χ0) is 20.8. The summed E-state index contributed by atoms with van der Waals surface area (Å²) in [6.45, 7) is 9.39. The number of amides is 1. The average molecular weight is 407 g/mol. The maximum Gasteiger partial charge on any atom is 0.348 e. The van der Waals surface area contributed by atoms with Crippen molar-refractivity contribution in [1.82, 2.24) is 9.78 Å². The third kappa shape index (κ3) is 4.98. The number of aromatic nitrogens is 2. The van der Waals surface area contributed by atoms with Crippen LogP contribution >= 0.6 is 11.3 Å². The van der Waals surface area contributed by atoms with Crippen molar-refractivity contribution in [3.63, 3.8) is 0 Å². The first-order valence-corrected chi connectivity index (χ1v) is 9.88. The number of ether oxygens (including phenoxy) is 2. The van der Waals surface area contributed by atoms with E-state index in [2.05, 4.69) is 10.4 Å². The molecule has 0 spiro atoms. The molecule has 0 radical (unpaired) electrons. The van der Waals surface area contributed by atoms with Gasteiger partial charge in [-0.25, -0.2) is 9.59 Å². The third-order valence-electron chi connectivity index (χ3n) is 3.90. The minimum Gasteiger partial charge on any atom is -0.462 e. The molecule has 0 atom stereocenters. The van der Waals surface area contributed by atoms with Gasteiger partial charge in [0.2, 0.25) is 5.91 Å². The number of nitrogens with one attached hydrogen (secondary N) is 1. The summed E-state index contributed by atoms with van der Waals surface area (Å²) in [5.74, 6) is -1.46. The average Bonchev–Trinajstić information content (AvgIpc) is 3.11. The van der Waals surface area contributed by atoms with Gasteiger partial charge in [-0.05, 0) is 45.7 Å². The fourth-order valence-corrected chi connectivity index (χ4v) is 3.75. The van der Waals surface area contributed by atoms with Gasteiger partial charge in [-0.15, -0.1) is 11.3 Å². The Labute approximate surface area is 167 Å². The number of anilines is 1. The van der Waals surface area contributed by atoms with Crippen LogP contribution in [0.3, 0.4) is 0 Å². The predicted octanol–water partition coefficient (Wildman–Crippen LogP) is 3.25. The molecule has 0 fully saturated rings. The SMILES string of the molecule is CCCOC(=O)c1c(NC(=O)Cn2nc(C)cc2C)sc(C(=O)OCC)c1C. The molecule has 2 rings (SSSR count). The normalized spacial score (nSPS) is 10.6. The first kappa shape index (κ1) is 21.6. The monoisotopic (exact) mass is 407 g/mol. The first-order chi connectivity index (χ1) is 13.3. The smallest absolute Gasteiger partial charge is 0.348 e. The van der Waals surface area contributed by atoms with Crippen LogP contribution in [0.4, 0.5) is 5.00 Å². The molecule has 2 aromatic heterocycles. The van der Waals surface area contributed by atoms with Crippen LogP contribution in [0.5, 0.6) is 0 Å². The number of rotatable bonds is 8. The Balaban J connectivity index is 2.30. The van der Waals surface area contributed by atoms with E-state index in [-0.39, 0.29) is 41.1 Å². The van der Waals surface area contributed by atoms with Crippen LogP contribution in [0.2, 0.25) is 0 Å². The van der Waals surface area contributed by atoms with Gasteiger partial charge in [0.15, 0.2) is 0 Å². The van der Waals surface area contributed by atoms with E-state index in [0.717, 1.165) is 22.7 Å². The maximum atomic E-state index is 12.5. The molecule has 1 N–H and O–H groups in total. The second-order valence-electron chi connectivity index (χ2n) is 6.25. The molecule has 0 aliphatic rings. The highest BCUT2D eigenvalue weighted by molar-refractivity contribution is 7.18. The van der Waals surface area contributed by atoms with Crippen molar-refractivity contribution < 1.29 is 23.9 Å². The number of nitrogens with zero attached hydrogens (tertiary/aromatic N) is 2. The minimum atomic E-state index is -0.576. The van der Waals surface area contributed by atoms with Gasteiger partial charge in [0.25, 0.3) is 0 Å². The Morgan fingerprint density at radius 3 is 2.43 bits per heavy atom. The molecule has 0 saturated heterocycles. The van der Waals surface area contributed by atoms with Gasteiger partial charge >= 0.3 is 11.9 Å². The molecule has 152 valence electrons. The van der Waals surface area contributed by atoms with E-state index < -0.39 is 11.9 Å². The summed E-state index contributed by atoms with van der Waals surface area (Å²) in [7, 11) is 0. The highest BCUT2D eigenvalue weighted by Crippen LogP contribution is 2.34. The lowest BCUT2D eigenvalue weighted by molar-refractivity contribution is -0.116.